The van der Waals surface area contributed by atoms with Crippen molar-refractivity contribution in [1.29, 1.82) is 0 Å². The Morgan fingerprint density at radius 1 is 1.00 bits per heavy atom. The standard InChI is InChI=1S/C15H14O4/c1-2-9-7-12(14(18)8-13(9)17)15(19)10-3-5-11(16)6-4-10/h3-8,16-18H,2H2,1H3. The van der Waals surface area contributed by atoms with Gasteiger partial charge >= 0.3 is 0 Å². The highest BCUT2D eigenvalue weighted by molar-refractivity contribution is 6.10. The van der Waals surface area contributed by atoms with Gasteiger partial charge in [-0.3, -0.25) is 4.79 Å². The van der Waals surface area contributed by atoms with Crippen molar-refractivity contribution in [2.75, 3.05) is 0 Å². The van der Waals surface area contributed by atoms with E-state index in [1.807, 2.05) is 6.92 Å². The van der Waals surface area contributed by atoms with Gasteiger partial charge in [-0.2, -0.15) is 0 Å². The molecule has 2 aromatic carbocycles. The zero-order valence-corrected chi connectivity index (χ0v) is 10.4. The van der Waals surface area contributed by atoms with E-state index in [0.29, 0.717) is 17.5 Å². The van der Waals surface area contributed by atoms with Crippen LogP contribution in [0.1, 0.15) is 28.4 Å². The first-order valence-corrected chi connectivity index (χ1v) is 5.91. The van der Waals surface area contributed by atoms with Gasteiger partial charge in [-0.05, 0) is 42.3 Å². The van der Waals surface area contributed by atoms with E-state index in [2.05, 4.69) is 0 Å². The number of carbonyl (C=O) groups is 1. The number of hydrogen-bond donors (Lipinski definition) is 3. The molecule has 0 amide bonds. The number of ketones is 1. The van der Waals surface area contributed by atoms with E-state index in [9.17, 15) is 20.1 Å². The molecule has 2 rings (SSSR count). The Bertz CT molecular complexity index is 615. The zero-order valence-electron chi connectivity index (χ0n) is 10.4. The van der Waals surface area contributed by atoms with E-state index in [1.54, 1.807) is 0 Å². The molecule has 3 N–H and O–H groups in total. The fourth-order valence-electron chi connectivity index (χ4n) is 1.86. The van der Waals surface area contributed by atoms with Crippen LogP contribution in [0, 0.1) is 0 Å². The zero-order chi connectivity index (χ0) is 14.0. The molecule has 98 valence electrons. The molecular weight excluding hydrogens is 244 g/mol. The lowest BCUT2D eigenvalue weighted by molar-refractivity contribution is 0.103. The second-order valence-corrected chi connectivity index (χ2v) is 4.23. The summed E-state index contributed by atoms with van der Waals surface area (Å²) in [6, 6.07) is 8.44. The molecule has 0 fully saturated rings. The molecule has 0 aromatic heterocycles. The van der Waals surface area contributed by atoms with Crippen LogP contribution >= 0.6 is 0 Å². The molecule has 4 nitrogen and oxygen atoms in total. The van der Waals surface area contributed by atoms with Crippen LogP contribution in [0.4, 0.5) is 0 Å². The van der Waals surface area contributed by atoms with Crippen LogP contribution < -0.4 is 0 Å². The molecule has 2 aromatic rings. The number of phenolic OH excluding ortho intramolecular Hbond substituents is 3. The Kier molecular flexibility index (Phi) is 3.42. The maximum atomic E-state index is 12.2. The predicted molar refractivity (Wildman–Crippen MR) is 70.7 cm³/mol. The molecule has 0 atom stereocenters. The lowest BCUT2D eigenvalue weighted by Crippen LogP contribution is -2.02. The number of rotatable bonds is 3. The highest BCUT2D eigenvalue weighted by atomic mass is 16.3. The van der Waals surface area contributed by atoms with Gasteiger partial charge in [0, 0.05) is 11.6 Å². The number of hydrogen-bond acceptors (Lipinski definition) is 4. The Labute approximate surface area is 110 Å². The first kappa shape index (κ1) is 13.0. The number of aryl methyl sites for hydroxylation is 1. The maximum absolute atomic E-state index is 12.2. The second kappa shape index (κ2) is 5.02. The highest BCUT2D eigenvalue weighted by Gasteiger charge is 2.16. The highest BCUT2D eigenvalue weighted by Crippen LogP contribution is 2.29. The minimum Gasteiger partial charge on any atom is -0.508 e. The third kappa shape index (κ3) is 2.52. The lowest BCUT2D eigenvalue weighted by Gasteiger charge is -2.08. The Morgan fingerprint density at radius 3 is 2.21 bits per heavy atom. The van der Waals surface area contributed by atoms with Crippen molar-refractivity contribution in [1.82, 2.24) is 0 Å². The molecular formula is C15H14O4. The molecule has 19 heavy (non-hydrogen) atoms. The summed E-state index contributed by atoms with van der Waals surface area (Å²) in [5.74, 6) is -0.567. The van der Waals surface area contributed by atoms with Crippen molar-refractivity contribution in [3.8, 4) is 17.2 Å². The molecule has 0 heterocycles. The molecule has 0 saturated carbocycles. The van der Waals surface area contributed by atoms with Crippen LogP contribution in [0.25, 0.3) is 0 Å². The summed E-state index contributed by atoms with van der Waals surface area (Å²) >= 11 is 0. The van der Waals surface area contributed by atoms with Crippen molar-refractivity contribution >= 4 is 5.78 Å². The van der Waals surface area contributed by atoms with Crippen molar-refractivity contribution < 1.29 is 20.1 Å². The Balaban J connectivity index is 2.46. The summed E-state index contributed by atoms with van der Waals surface area (Å²) in [6.45, 7) is 1.85. The van der Waals surface area contributed by atoms with E-state index in [-0.39, 0.29) is 28.6 Å². The molecule has 0 spiro atoms. The van der Waals surface area contributed by atoms with Crippen molar-refractivity contribution in [2.24, 2.45) is 0 Å². The third-order valence-electron chi connectivity index (χ3n) is 2.95. The lowest BCUT2D eigenvalue weighted by atomic mass is 9.99. The van der Waals surface area contributed by atoms with Gasteiger partial charge in [0.05, 0.1) is 5.56 Å². The second-order valence-electron chi connectivity index (χ2n) is 4.23. The quantitative estimate of drug-likeness (QED) is 0.739. The summed E-state index contributed by atoms with van der Waals surface area (Å²) in [5.41, 5.74) is 1.10. The van der Waals surface area contributed by atoms with Crippen LogP contribution in [0.2, 0.25) is 0 Å². The molecule has 0 aliphatic heterocycles. The molecule has 0 radical (unpaired) electrons. The van der Waals surface area contributed by atoms with Crippen LogP contribution in [0.5, 0.6) is 17.2 Å². The predicted octanol–water partition coefficient (Wildman–Crippen LogP) is 2.60. The molecule has 0 bridgehead atoms. The van der Waals surface area contributed by atoms with Crippen LogP contribution in [-0.2, 0) is 6.42 Å². The Morgan fingerprint density at radius 2 is 1.63 bits per heavy atom. The molecule has 0 saturated heterocycles. The van der Waals surface area contributed by atoms with E-state index < -0.39 is 0 Å². The van der Waals surface area contributed by atoms with Gasteiger partial charge in [-0.15, -0.1) is 0 Å². The van der Waals surface area contributed by atoms with Gasteiger partial charge in [0.15, 0.2) is 5.78 Å². The fraction of sp³-hybridized carbons (Fsp3) is 0.133. The monoisotopic (exact) mass is 258 g/mol. The van der Waals surface area contributed by atoms with Gasteiger partial charge < -0.3 is 15.3 Å². The average molecular weight is 258 g/mol. The summed E-state index contributed by atoms with van der Waals surface area (Å²) in [5, 5.41) is 28.6. The van der Waals surface area contributed by atoms with Crippen LogP contribution in [-0.4, -0.2) is 21.1 Å². The van der Waals surface area contributed by atoms with E-state index in [1.165, 1.54) is 36.4 Å². The average Bonchev–Trinajstić information content (AvgIpc) is 2.39. The van der Waals surface area contributed by atoms with Gasteiger partial charge in [0.25, 0.3) is 0 Å². The molecule has 0 unspecified atom stereocenters. The number of benzene rings is 2. The van der Waals surface area contributed by atoms with E-state index >= 15 is 0 Å². The van der Waals surface area contributed by atoms with Gasteiger partial charge in [0.1, 0.15) is 17.2 Å². The molecule has 0 aliphatic rings. The maximum Gasteiger partial charge on any atom is 0.196 e. The largest absolute Gasteiger partial charge is 0.508 e. The van der Waals surface area contributed by atoms with Gasteiger partial charge in [-0.1, -0.05) is 6.92 Å². The summed E-state index contributed by atoms with van der Waals surface area (Å²) in [6.07, 6.45) is 0.558. The summed E-state index contributed by atoms with van der Waals surface area (Å²) in [4.78, 5) is 12.2. The summed E-state index contributed by atoms with van der Waals surface area (Å²) in [7, 11) is 0. The van der Waals surface area contributed by atoms with Crippen molar-refractivity contribution in [3.63, 3.8) is 0 Å². The Hall–Kier alpha value is -2.49. The normalized spacial score (nSPS) is 10.4. The van der Waals surface area contributed by atoms with E-state index in [0.717, 1.165) is 0 Å². The van der Waals surface area contributed by atoms with E-state index in [4.69, 9.17) is 0 Å². The first-order valence-electron chi connectivity index (χ1n) is 5.91. The van der Waals surface area contributed by atoms with Gasteiger partial charge in [0.2, 0.25) is 0 Å². The number of phenols is 3. The van der Waals surface area contributed by atoms with Crippen LogP contribution in [0.15, 0.2) is 36.4 Å². The van der Waals surface area contributed by atoms with Gasteiger partial charge in [-0.25, -0.2) is 0 Å². The van der Waals surface area contributed by atoms with Crippen molar-refractivity contribution in [3.05, 3.63) is 53.1 Å². The van der Waals surface area contributed by atoms with Crippen molar-refractivity contribution in [2.45, 2.75) is 13.3 Å². The smallest absolute Gasteiger partial charge is 0.196 e. The fourth-order valence-corrected chi connectivity index (χ4v) is 1.86. The number of carbonyl (C=O) groups excluding carboxylic acids is 1. The first-order chi connectivity index (χ1) is 9.02. The molecule has 4 heteroatoms. The third-order valence-corrected chi connectivity index (χ3v) is 2.95. The SMILES string of the molecule is CCc1cc(C(=O)c2ccc(O)cc2)c(O)cc1O. The number of aromatic hydroxyl groups is 3. The van der Waals surface area contributed by atoms with Crippen LogP contribution in [0.3, 0.4) is 0 Å². The topological polar surface area (TPSA) is 77.8 Å². The minimum atomic E-state index is -0.354. The molecule has 0 aliphatic carbocycles. The summed E-state index contributed by atoms with van der Waals surface area (Å²) < 4.78 is 0. The minimum absolute atomic E-state index is 0.0257.